The first kappa shape index (κ1) is 19.4. The second-order valence-corrected chi connectivity index (χ2v) is 8.15. The fraction of sp³-hybridized carbons (Fsp3) is 0.312. The maximum Gasteiger partial charge on any atom is 0.264 e. The lowest BCUT2D eigenvalue weighted by molar-refractivity contribution is 0.131. The Labute approximate surface area is 163 Å². The van der Waals surface area contributed by atoms with E-state index in [1.165, 1.54) is 24.5 Å². The number of rotatable bonds is 5. The average molecular weight is 408 g/mol. The molecule has 0 bridgehead atoms. The van der Waals surface area contributed by atoms with Crippen LogP contribution in [0.15, 0.2) is 47.6 Å². The number of thiocarbonyl (C=S) groups is 1. The van der Waals surface area contributed by atoms with E-state index >= 15 is 0 Å². The molecular formula is C16H21N7O2S2. The summed E-state index contributed by atoms with van der Waals surface area (Å²) in [6.45, 7) is 3.70. The highest BCUT2D eigenvalue weighted by molar-refractivity contribution is 7.92. The number of nitrogens with zero attached hydrogens (tertiary/aromatic N) is 4. The molecule has 1 aliphatic rings. The summed E-state index contributed by atoms with van der Waals surface area (Å²) in [4.78, 5) is 10.1. The van der Waals surface area contributed by atoms with Gasteiger partial charge in [-0.3, -0.25) is 5.43 Å². The maximum absolute atomic E-state index is 12.4. The molecule has 144 valence electrons. The number of hydrogen-bond donors (Lipinski definition) is 3. The second-order valence-electron chi connectivity index (χ2n) is 6.06. The molecule has 1 aromatic carbocycles. The van der Waals surface area contributed by atoms with Crippen LogP contribution in [0.1, 0.15) is 0 Å². The molecule has 3 rings (SSSR count). The lowest BCUT2D eigenvalue weighted by Gasteiger charge is -2.33. The molecule has 1 aliphatic heterocycles. The van der Waals surface area contributed by atoms with Gasteiger partial charge in [0.1, 0.15) is 0 Å². The Morgan fingerprint density at radius 1 is 1.07 bits per heavy atom. The SMILES string of the molecule is CN1CCN(NC(=S)Nc2ccc(S(=O)(=O)Nc3ncccn3)cc2)CC1. The predicted molar refractivity (Wildman–Crippen MR) is 108 cm³/mol. The van der Waals surface area contributed by atoms with Crippen molar-refractivity contribution in [3.8, 4) is 0 Å². The van der Waals surface area contributed by atoms with E-state index in [2.05, 4.69) is 42.4 Å². The van der Waals surface area contributed by atoms with E-state index in [4.69, 9.17) is 12.2 Å². The van der Waals surface area contributed by atoms with Crippen molar-refractivity contribution in [1.29, 1.82) is 0 Å². The molecular weight excluding hydrogens is 386 g/mol. The summed E-state index contributed by atoms with van der Waals surface area (Å²) >= 11 is 5.31. The number of aromatic nitrogens is 2. The average Bonchev–Trinajstić information content (AvgIpc) is 2.64. The fourth-order valence-corrected chi connectivity index (χ4v) is 3.67. The van der Waals surface area contributed by atoms with Crippen LogP contribution in [0.3, 0.4) is 0 Å². The van der Waals surface area contributed by atoms with E-state index in [1.807, 2.05) is 0 Å². The van der Waals surface area contributed by atoms with Gasteiger partial charge in [-0.05, 0) is 49.6 Å². The van der Waals surface area contributed by atoms with Crippen LogP contribution >= 0.6 is 12.2 Å². The van der Waals surface area contributed by atoms with Crippen LogP contribution in [0.25, 0.3) is 0 Å². The lowest BCUT2D eigenvalue weighted by Crippen LogP contribution is -2.53. The molecule has 3 N–H and O–H groups in total. The van der Waals surface area contributed by atoms with Crippen molar-refractivity contribution in [2.45, 2.75) is 4.90 Å². The van der Waals surface area contributed by atoms with E-state index in [9.17, 15) is 8.42 Å². The summed E-state index contributed by atoms with van der Waals surface area (Å²) in [7, 11) is -1.67. The normalized spacial score (nSPS) is 15.9. The molecule has 1 fully saturated rings. The Kier molecular flexibility index (Phi) is 6.16. The summed E-state index contributed by atoms with van der Waals surface area (Å²) in [5.41, 5.74) is 3.84. The number of hydrazine groups is 1. The molecule has 27 heavy (non-hydrogen) atoms. The number of piperazine rings is 1. The topological polar surface area (TPSA) is 102 Å². The molecule has 0 radical (unpaired) electrons. The van der Waals surface area contributed by atoms with Crippen molar-refractivity contribution in [3.63, 3.8) is 0 Å². The van der Waals surface area contributed by atoms with Gasteiger partial charge in [-0.25, -0.2) is 28.1 Å². The number of sulfonamides is 1. The van der Waals surface area contributed by atoms with Crippen LogP contribution in [0, 0.1) is 0 Å². The quantitative estimate of drug-likeness (QED) is 0.619. The predicted octanol–water partition coefficient (Wildman–Crippen LogP) is 0.726. The van der Waals surface area contributed by atoms with Crippen LogP contribution in [0.2, 0.25) is 0 Å². The van der Waals surface area contributed by atoms with Gasteiger partial charge < -0.3 is 10.2 Å². The third-order valence-corrected chi connectivity index (χ3v) is 5.51. The summed E-state index contributed by atoms with van der Waals surface area (Å²) < 4.78 is 27.1. The van der Waals surface area contributed by atoms with Gasteiger partial charge in [0.25, 0.3) is 10.0 Å². The van der Waals surface area contributed by atoms with Crippen LogP contribution in [0.5, 0.6) is 0 Å². The highest BCUT2D eigenvalue weighted by Gasteiger charge is 2.16. The first-order valence-electron chi connectivity index (χ1n) is 8.33. The Morgan fingerprint density at radius 3 is 2.33 bits per heavy atom. The minimum atomic E-state index is -3.75. The van der Waals surface area contributed by atoms with Crippen molar-refractivity contribution in [1.82, 2.24) is 25.3 Å². The van der Waals surface area contributed by atoms with Gasteiger partial charge in [-0.2, -0.15) is 0 Å². The van der Waals surface area contributed by atoms with Crippen molar-refractivity contribution >= 4 is 39.0 Å². The largest absolute Gasteiger partial charge is 0.332 e. The van der Waals surface area contributed by atoms with Crippen LogP contribution in [-0.4, -0.2) is 66.6 Å². The van der Waals surface area contributed by atoms with Crippen molar-refractivity contribution in [3.05, 3.63) is 42.7 Å². The Balaban J connectivity index is 1.57. The first-order valence-corrected chi connectivity index (χ1v) is 10.2. The molecule has 0 amide bonds. The van der Waals surface area contributed by atoms with Crippen LogP contribution in [0.4, 0.5) is 11.6 Å². The Hall–Kier alpha value is -2.34. The molecule has 2 heterocycles. The van der Waals surface area contributed by atoms with Gasteiger partial charge in [-0.1, -0.05) is 0 Å². The van der Waals surface area contributed by atoms with Crippen molar-refractivity contribution in [2.24, 2.45) is 0 Å². The standard InChI is InChI=1S/C16H21N7O2S2/c1-22-9-11-23(12-10-22)20-16(26)19-13-3-5-14(6-4-13)27(24,25)21-15-17-7-2-8-18-15/h2-8H,9-12H2,1H3,(H,17,18,21)(H2,19,20,26). The maximum atomic E-state index is 12.4. The highest BCUT2D eigenvalue weighted by atomic mass is 32.2. The molecule has 0 aliphatic carbocycles. The number of likely N-dealkylation sites (N-methyl/N-ethyl adjacent to an activating group) is 1. The minimum Gasteiger partial charge on any atom is -0.332 e. The zero-order valence-corrected chi connectivity index (χ0v) is 16.4. The Morgan fingerprint density at radius 2 is 1.70 bits per heavy atom. The second kappa shape index (κ2) is 8.57. The van der Waals surface area contributed by atoms with Crippen molar-refractivity contribution in [2.75, 3.05) is 43.3 Å². The number of hydrogen-bond acceptors (Lipinski definition) is 7. The van der Waals surface area contributed by atoms with Gasteiger partial charge in [0, 0.05) is 44.3 Å². The third-order valence-electron chi connectivity index (χ3n) is 3.98. The van der Waals surface area contributed by atoms with Crippen LogP contribution in [-0.2, 0) is 10.0 Å². The zero-order chi connectivity index (χ0) is 19.3. The minimum absolute atomic E-state index is 0.0252. The number of anilines is 2. The summed E-state index contributed by atoms with van der Waals surface area (Å²) in [6, 6.07) is 7.90. The third kappa shape index (κ3) is 5.57. The van der Waals surface area contributed by atoms with Crippen molar-refractivity contribution < 1.29 is 8.42 Å². The molecule has 0 spiro atoms. The number of benzene rings is 1. The molecule has 11 heteroatoms. The fourth-order valence-electron chi connectivity index (χ4n) is 2.47. The molecule has 0 atom stereocenters. The first-order chi connectivity index (χ1) is 12.9. The van der Waals surface area contributed by atoms with Gasteiger partial charge in [0.2, 0.25) is 5.95 Å². The summed E-state index contributed by atoms with van der Waals surface area (Å²) in [6.07, 6.45) is 2.93. The summed E-state index contributed by atoms with van der Waals surface area (Å²) in [5, 5.41) is 5.57. The van der Waals surface area contributed by atoms with E-state index in [0.29, 0.717) is 10.8 Å². The molecule has 1 saturated heterocycles. The van der Waals surface area contributed by atoms with Crippen LogP contribution < -0.4 is 15.5 Å². The van der Waals surface area contributed by atoms with Gasteiger partial charge in [0.05, 0.1) is 4.90 Å². The molecule has 9 nitrogen and oxygen atoms in total. The highest BCUT2D eigenvalue weighted by Crippen LogP contribution is 2.16. The van der Waals surface area contributed by atoms with Gasteiger partial charge >= 0.3 is 0 Å². The lowest BCUT2D eigenvalue weighted by atomic mass is 10.3. The molecule has 1 aromatic heterocycles. The van der Waals surface area contributed by atoms with Gasteiger partial charge in [0.15, 0.2) is 5.11 Å². The molecule has 2 aromatic rings. The monoisotopic (exact) mass is 407 g/mol. The molecule has 0 saturated carbocycles. The number of nitrogens with one attached hydrogen (secondary N) is 3. The Bertz CT molecular complexity index is 867. The summed E-state index contributed by atoms with van der Waals surface area (Å²) in [5.74, 6) is 0.0252. The van der Waals surface area contributed by atoms with Gasteiger partial charge in [-0.15, -0.1) is 0 Å². The molecule has 0 unspecified atom stereocenters. The zero-order valence-electron chi connectivity index (χ0n) is 14.8. The van der Waals surface area contributed by atoms with E-state index in [-0.39, 0.29) is 10.8 Å². The van der Waals surface area contributed by atoms with E-state index in [0.717, 1.165) is 26.2 Å². The van der Waals surface area contributed by atoms with E-state index in [1.54, 1.807) is 18.2 Å². The smallest absolute Gasteiger partial charge is 0.264 e. The van der Waals surface area contributed by atoms with E-state index < -0.39 is 10.0 Å².